The number of hydrogen-bond donors (Lipinski definition) is 1. The largest absolute Gasteiger partial charge is 0.493 e. The minimum absolute atomic E-state index is 0.0234. The highest BCUT2D eigenvalue weighted by atomic mass is 32.1. The van der Waals surface area contributed by atoms with Gasteiger partial charge in [-0.15, -0.1) is 0 Å². The van der Waals surface area contributed by atoms with Crippen molar-refractivity contribution in [1.29, 1.82) is 0 Å². The predicted molar refractivity (Wildman–Crippen MR) is 90.5 cm³/mol. The minimum atomic E-state index is -2.90. The van der Waals surface area contributed by atoms with E-state index in [1.807, 2.05) is 0 Å². The Labute approximate surface area is 140 Å². The molecule has 23 heavy (non-hydrogen) atoms. The molecule has 0 amide bonds. The zero-order valence-electron chi connectivity index (χ0n) is 13.4. The lowest BCUT2D eigenvalue weighted by Gasteiger charge is -2.15. The van der Waals surface area contributed by atoms with E-state index in [0.717, 1.165) is 19.4 Å². The van der Waals surface area contributed by atoms with Gasteiger partial charge in [0.15, 0.2) is 16.6 Å². The Morgan fingerprint density at radius 2 is 2.17 bits per heavy atom. The number of unbranched alkanes of at least 4 members (excludes halogenated alkanes) is 1. The number of nitrogens with zero attached hydrogens (tertiary/aromatic N) is 2. The van der Waals surface area contributed by atoms with Crippen LogP contribution >= 0.6 is 12.2 Å². The van der Waals surface area contributed by atoms with Crippen LogP contribution in [0.2, 0.25) is 0 Å². The summed E-state index contributed by atoms with van der Waals surface area (Å²) in [4.78, 5) is 0. The first-order chi connectivity index (χ1) is 11.0. The molecule has 0 aliphatic rings. The zero-order valence-corrected chi connectivity index (χ0v) is 14.2. The maximum absolute atomic E-state index is 12.3. The van der Waals surface area contributed by atoms with E-state index >= 15 is 0 Å². The molecule has 1 aromatic carbocycles. The van der Waals surface area contributed by atoms with Gasteiger partial charge in [0.25, 0.3) is 0 Å². The fourth-order valence-electron chi connectivity index (χ4n) is 1.65. The molecule has 128 valence electrons. The molecule has 0 saturated carbocycles. The van der Waals surface area contributed by atoms with Crippen LogP contribution < -0.4 is 14.8 Å². The lowest BCUT2D eigenvalue weighted by atomic mass is 10.2. The molecule has 0 aliphatic heterocycles. The van der Waals surface area contributed by atoms with Gasteiger partial charge >= 0.3 is 6.61 Å². The maximum Gasteiger partial charge on any atom is 0.387 e. The smallest absolute Gasteiger partial charge is 0.387 e. The van der Waals surface area contributed by atoms with Crippen LogP contribution in [0, 0.1) is 0 Å². The maximum atomic E-state index is 12.3. The van der Waals surface area contributed by atoms with Crippen molar-refractivity contribution in [3.05, 3.63) is 23.8 Å². The molecule has 0 radical (unpaired) electrons. The summed E-state index contributed by atoms with van der Waals surface area (Å²) < 4.78 is 34.0. The van der Waals surface area contributed by atoms with Crippen LogP contribution in [0.3, 0.4) is 0 Å². The first kappa shape index (κ1) is 19.1. The van der Waals surface area contributed by atoms with Crippen LogP contribution in [0.4, 0.5) is 8.78 Å². The van der Waals surface area contributed by atoms with Gasteiger partial charge < -0.3 is 14.8 Å². The molecule has 0 fully saturated rings. The fourth-order valence-corrected chi connectivity index (χ4v) is 1.80. The lowest BCUT2D eigenvalue weighted by molar-refractivity contribution is -0.0512. The third-order valence-corrected chi connectivity index (χ3v) is 3.29. The molecule has 0 atom stereocenters. The van der Waals surface area contributed by atoms with Crippen LogP contribution in [0.5, 0.6) is 11.5 Å². The van der Waals surface area contributed by atoms with E-state index < -0.39 is 6.61 Å². The molecular formula is C15H21F2N3O2S. The summed E-state index contributed by atoms with van der Waals surface area (Å²) in [7, 11) is 3.11. The number of thiocarbonyl (C=S) groups is 1. The number of methoxy groups -OCH3 is 1. The standard InChI is InChI=1S/C15H21F2N3O2S/c1-4-5-8-18-15(23)20(2)19-10-11-6-7-12(22-14(16)17)13(9-11)21-3/h6-7,9-10,14H,4-5,8H2,1-3H3,(H,18,23). The Hall–Kier alpha value is -1.96. The number of alkyl halides is 2. The van der Waals surface area contributed by atoms with Gasteiger partial charge in [-0.25, -0.2) is 5.01 Å². The number of hydrazone groups is 1. The monoisotopic (exact) mass is 345 g/mol. The van der Waals surface area contributed by atoms with E-state index in [1.54, 1.807) is 25.4 Å². The summed E-state index contributed by atoms with van der Waals surface area (Å²) in [6.45, 7) is -0.00881. The molecular weight excluding hydrogens is 324 g/mol. The first-order valence-corrected chi connectivity index (χ1v) is 7.57. The highest BCUT2D eigenvalue weighted by Crippen LogP contribution is 2.28. The molecule has 5 nitrogen and oxygen atoms in total. The molecule has 8 heteroatoms. The Kier molecular flexibility index (Phi) is 8.25. The third kappa shape index (κ3) is 6.77. The molecule has 0 saturated heterocycles. The van der Waals surface area contributed by atoms with Crippen molar-refractivity contribution < 1.29 is 18.3 Å². The molecule has 1 rings (SSSR count). The number of benzene rings is 1. The number of nitrogens with one attached hydrogen (secondary N) is 1. The Balaban J connectivity index is 2.70. The average molecular weight is 345 g/mol. The van der Waals surface area contributed by atoms with Gasteiger partial charge in [0.2, 0.25) is 0 Å². The van der Waals surface area contributed by atoms with Crippen molar-refractivity contribution in [2.75, 3.05) is 20.7 Å². The Morgan fingerprint density at radius 3 is 2.78 bits per heavy atom. The van der Waals surface area contributed by atoms with Crippen molar-refractivity contribution in [1.82, 2.24) is 10.3 Å². The molecule has 0 heterocycles. The SMILES string of the molecule is CCCCNC(=S)N(C)N=Cc1ccc(OC(F)F)c(OC)c1. The quantitative estimate of drug-likeness (QED) is 0.339. The molecule has 1 N–H and O–H groups in total. The number of ether oxygens (including phenoxy) is 2. The van der Waals surface area contributed by atoms with E-state index in [1.165, 1.54) is 18.2 Å². The number of hydrogen-bond acceptors (Lipinski definition) is 4. The summed E-state index contributed by atoms with van der Waals surface area (Å²) in [5.74, 6) is 0.185. The van der Waals surface area contributed by atoms with Gasteiger partial charge in [-0.3, -0.25) is 0 Å². The molecule has 0 aliphatic carbocycles. The summed E-state index contributed by atoms with van der Waals surface area (Å²) in [5.41, 5.74) is 0.673. The second-order valence-electron chi connectivity index (χ2n) is 4.64. The van der Waals surface area contributed by atoms with Crippen LogP contribution in [0.1, 0.15) is 25.3 Å². The van der Waals surface area contributed by atoms with Gasteiger partial charge in [0, 0.05) is 13.6 Å². The van der Waals surface area contributed by atoms with Gasteiger partial charge in [-0.2, -0.15) is 13.9 Å². The van der Waals surface area contributed by atoms with Gasteiger partial charge in [-0.1, -0.05) is 13.3 Å². The highest BCUT2D eigenvalue weighted by molar-refractivity contribution is 7.80. The molecule has 0 spiro atoms. The summed E-state index contributed by atoms with van der Waals surface area (Å²) >= 11 is 5.20. The van der Waals surface area contributed by atoms with Gasteiger partial charge in [0.1, 0.15) is 0 Å². The summed E-state index contributed by atoms with van der Waals surface area (Å²) in [6, 6.07) is 4.57. The van der Waals surface area contributed by atoms with E-state index in [0.29, 0.717) is 10.7 Å². The normalized spacial score (nSPS) is 10.9. The minimum Gasteiger partial charge on any atom is -0.493 e. The molecule has 0 bridgehead atoms. The van der Waals surface area contributed by atoms with E-state index in [9.17, 15) is 8.78 Å². The lowest BCUT2D eigenvalue weighted by Crippen LogP contribution is -2.34. The predicted octanol–water partition coefficient (Wildman–Crippen LogP) is 3.24. The summed E-state index contributed by atoms with van der Waals surface area (Å²) in [5, 5.41) is 9.33. The van der Waals surface area contributed by atoms with Crippen LogP contribution in [0.25, 0.3) is 0 Å². The van der Waals surface area contributed by atoms with Crippen molar-refractivity contribution >= 4 is 23.5 Å². The molecule has 0 unspecified atom stereocenters. The van der Waals surface area contributed by atoms with Crippen molar-refractivity contribution in [2.24, 2.45) is 5.10 Å². The highest BCUT2D eigenvalue weighted by Gasteiger charge is 2.10. The van der Waals surface area contributed by atoms with Crippen LogP contribution in [-0.2, 0) is 0 Å². The van der Waals surface area contributed by atoms with Crippen LogP contribution in [0.15, 0.2) is 23.3 Å². The third-order valence-electron chi connectivity index (χ3n) is 2.88. The van der Waals surface area contributed by atoms with Gasteiger partial charge in [0.05, 0.1) is 13.3 Å². The van der Waals surface area contributed by atoms with Crippen molar-refractivity contribution in [2.45, 2.75) is 26.4 Å². The number of rotatable bonds is 8. The van der Waals surface area contributed by atoms with Gasteiger partial charge in [-0.05, 0) is 42.4 Å². The van der Waals surface area contributed by atoms with E-state index in [2.05, 4.69) is 22.1 Å². The number of halogens is 2. The summed E-state index contributed by atoms with van der Waals surface area (Å²) in [6.07, 6.45) is 3.67. The van der Waals surface area contributed by atoms with Crippen LogP contribution in [-0.4, -0.2) is 43.6 Å². The first-order valence-electron chi connectivity index (χ1n) is 7.16. The zero-order chi connectivity index (χ0) is 17.2. The van der Waals surface area contributed by atoms with Crippen molar-refractivity contribution in [3.8, 4) is 11.5 Å². The van der Waals surface area contributed by atoms with E-state index in [4.69, 9.17) is 17.0 Å². The Morgan fingerprint density at radius 1 is 1.43 bits per heavy atom. The molecule has 0 aromatic heterocycles. The van der Waals surface area contributed by atoms with E-state index in [-0.39, 0.29) is 11.5 Å². The average Bonchev–Trinajstić information content (AvgIpc) is 2.53. The second kappa shape index (κ2) is 9.94. The van der Waals surface area contributed by atoms with Crippen molar-refractivity contribution in [3.63, 3.8) is 0 Å². The second-order valence-corrected chi connectivity index (χ2v) is 5.03. The Bertz CT molecular complexity index is 541. The topological polar surface area (TPSA) is 46.1 Å². The molecule has 1 aromatic rings. The fraction of sp³-hybridized carbons (Fsp3) is 0.467.